The lowest BCUT2D eigenvalue weighted by molar-refractivity contribution is 0.0378. The summed E-state index contributed by atoms with van der Waals surface area (Å²) in [6.07, 6.45) is 11.2. The maximum absolute atomic E-state index is 5.94. The van der Waals surface area contributed by atoms with Gasteiger partial charge in [0.25, 0.3) is 0 Å². The summed E-state index contributed by atoms with van der Waals surface area (Å²) in [6, 6.07) is 0. The second-order valence-corrected chi connectivity index (χ2v) is 4.51. The first-order chi connectivity index (χ1) is 5.92. The van der Waals surface area contributed by atoms with E-state index in [1.165, 1.54) is 44.3 Å². The molecule has 3 rings (SSSR count). The summed E-state index contributed by atoms with van der Waals surface area (Å²) in [5.74, 6) is 3.05. The monoisotopic (exact) mass is 164 g/mol. The minimum absolute atomic E-state index is 0.593. The maximum Gasteiger partial charge on any atom is 0.0982 e. The number of fused-ring (bicyclic) bond motifs is 2. The van der Waals surface area contributed by atoms with Crippen LogP contribution in [-0.2, 0) is 4.74 Å². The van der Waals surface area contributed by atoms with Crippen molar-refractivity contribution in [2.75, 3.05) is 0 Å². The molecule has 2 saturated carbocycles. The van der Waals surface area contributed by atoms with Gasteiger partial charge in [-0.25, -0.2) is 0 Å². The van der Waals surface area contributed by atoms with E-state index in [4.69, 9.17) is 4.74 Å². The Morgan fingerprint density at radius 3 is 2.58 bits per heavy atom. The molecule has 2 bridgehead atoms. The van der Waals surface area contributed by atoms with Gasteiger partial charge in [0.2, 0.25) is 0 Å². The van der Waals surface area contributed by atoms with E-state index in [-0.39, 0.29) is 0 Å². The zero-order chi connectivity index (χ0) is 7.97. The molecule has 1 heteroatoms. The van der Waals surface area contributed by atoms with Crippen molar-refractivity contribution in [3.8, 4) is 0 Å². The summed E-state index contributed by atoms with van der Waals surface area (Å²) in [5.41, 5.74) is 0. The van der Waals surface area contributed by atoms with Gasteiger partial charge < -0.3 is 4.74 Å². The summed E-state index contributed by atoms with van der Waals surface area (Å²) >= 11 is 0. The molecule has 2 atom stereocenters. The standard InChI is InChI=1S/C11H16O/c1-2-10(3-1)12-11-7-8-4-5-9(11)6-8/h7-10H,1-6H2. The third-order valence-corrected chi connectivity index (χ3v) is 3.63. The van der Waals surface area contributed by atoms with Crippen molar-refractivity contribution >= 4 is 0 Å². The minimum atomic E-state index is 0.593. The van der Waals surface area contributed by atoms with Crippen LogP contribution >= 0.6 is 0 Å². The van der Waals surface area contributed by atoms with Crippen LogP contribution in [-0.4, -0.2) is 6.10 Å². The largest absolute Gasteiger partial charge is 0.495 e. The van der Waals surface area contributed by atoms with E-state index < -0.39 is 0 Å². The van der Waals surface area contributed by atoms with Crippen LogP contribution in [0.4, 0.5) is 0 Å². The number of hydrogen-bond donors (Lipinski definition) is 0. The summed E-state index contributed by atoms with van der Waals surface area (Å²) in [7, 11) is 0. The average Bonchev–Trinajstić information content (AvgIpc) is 2.56. The summed E-state index contributed by atoms with van der Waals surface area (Å²) in [5, 5.41) is 0. The molecule has 3 aliphatic carbocycles. The first kappa shape index (κ1) is 6.99. The molecule has 0 amide bonds. The van der Waals surface area contributed by atoms with E-state index in [0.717, 1.165) is 11.8 Å². The Labute approximate surface area is 73.8 Å². The predicted molar refractivity (Wildman–Crippen MR) is 47.6 cm³/mol. The molecule has 12 heavy (non-hydrogen) atoms. The van der Waals surface area contributed by atoms with Crippen molar-refractivity contribution in [3.63, 3.8) is 0 Å². The lowest BCUT2D eigenvalue weighted by atomic mass is 9.95. The van der Waals surface area contributed by atoms with Gasteiger partial charge in [0.05, 0.1) is 11.9 Å². The van der Waals surface area contributed by atoms with Gasteiger partial charge in [0.1, 0.15) is 0 Å². The second kappa shape index (κ2) is 2.51. The van der Waals surface area contributed by atoms with E-state index in [0.29, 0.717) is 6.10 Å². The van der Waals surface area contributed by atoms with E-state index in [2.05, 4.69) is 6.08 Å². The van der Waals surface area contributed by atoms with Gasteiger partial charge in [-0.15, -0.1) is 0 Å². The van der Waals surface area contributed by atoms with Crippen LogP contribution in [0.2, 0.25) is 0 Å². The number of rotatable bonds is 2. The van der Waals surface area contributed by atoms with E-state index >= 15 is 0 Å². The lowest BCUT2D eigenvalue weighted by Gasteiger charge is -2.29. The van der Waals surface area contributed by atoms with Crippen LogP contribution in [0, 0.1) is 11.8 Å². The zero-order valence-corrected chi connectivity index (χ0v) is 7.46. The highest BCUT2D eigenvalue weighted by atomic mass is 16.5. The molecular weight excluding hydrogens is 148 g/mol. The molecule has 0 aliphatic heterocycles. The summed E-state index contributed by atoms with van der Waals surface area (Å²) < 4.78 is 5.94. The van der Waals surface area contributed by atoms with Gasteiger partial charge in [-0.3, -0.25) is 0 Å². The molecule has 0 spiro atoms. The highest BCUT2D eigenvalue weighted by molar-refractivity contribution is 5.14. The fourth-order valence-corrected chi connectivity index (χ4v) is 2.61. The Morgan fingerprint density at radius 2 is 2.08 bits per heavy atom. The van der Waals surface area contributed by atoms with Crippen molar-refractivity contribution in [1.82, 2.24) is 0 Å². The van der Waals surface area contributed by atoms with Crippen molar-refractivity contribution in [1.29, 1.82) is 0 Å². The van der Waals surface area contributed by atoms with Crippen LogP contribution < -0.4 is 0 Å². The van der Waals surface area contributed by atoms with Crippen LogP contribution in [0.3, 0.4) is 0 Å². The molecular formula is C11H16O. The molecule has 0 radical (unpaired) electrons. The van der Waals surface area contributed by atoms with Crippen LogP contribution in [0.15, 0.2) is 11.8 Å². The quantitative estimate of drug-likeness (QED) is 0.609. The lowest BCUT2D eigenvalue weighted by Crippen LogP contribution is -2.22. The molecule has 0 heterocycles. The highest BCUT2D eigenvalue weighted by Crippen LogP contribution is 2.45. The fraction of sp³-hybridized carbons (Fsp3) is 0.818. The molecule has 0 aromatic carbocycles. The zero-order valence-electron chi connectivity index (χ0n) is 7.46. The van der Waals surface area contributed by atoms with Crippen molar-refractivity contribution in [2.24, 2.45) is 11.8 Å². The van der Waals surface area contributed by atoms with Crippen molar-refractivity contribution in [2.45, 2.75) is 44.6 Å². The molecule has 3 aliphatic rings. The molecule has 2 unspecified atom stereocenters. The highest BCUT2D eigenvalue weighted by Gasteiger charge is 2.35. The van der Waals surface area contributed by atoms with Gasteiger partial charge in [-0.1, -0.05) is 0 Å². The van der Waals surface area contributed by atoms with Crippen molar-refractivity contribution < 1.29 is 4.74 Å². The fourth-order valence-electron chi connectivity index (χ4n) is 2.61. The Bertz CT molecular complexity index is 215. The Balaban J connectivity index is 1.65. The van der Waals surface area contributed by atoms with Gasteiger partial charge in [0, 0.05) is 5.92 Å². The molecule has 0 aromatic rings. The molecule has 0 saturated heterocycles. The van der Waals surface area contributed by atoms with Gasteiger partial charge >= 0.3 is 0 Å². The Morgan fingerprint density at radius 1 is 1.17 bits per heavy atom. The van der Waals surface area contributed by atoms with Crippen LogP contribution in [0.1, 0.15) is 38.5 Å². The number of hydrogen-bond acceptors (Lipinski definition) is 1. The van der Waals surface area contributed by atoms with Crippen LogP contribution in [0.5, 0.6) is 0 Å². The number of ether oxygens (including phenoxy) is 1. The minimum Gasteiger partial charge on any atom is -0.495 e. The van der Waals surface area contributed by atoms with Gasteiger partial charge in [-0.2, -0.15) is 0 Å². The average molecular weight is 164 g/mol. The topological polar surface area (TPSA) is 9.23 Å². The molecule has 0 aromatic heterocycles. The SMILES string of the molecule is C1=C(OC2CCC2)C2CCC1C2. The summed E-state index contributed by atoms with van der Waals surface area (Å²) in [6.45, 7) is 0. The van der Waals surface area contributed by atoms with Gasteiger partial charge in [-0.05, 0) is 50.5 Å². The Kier molecular flexibility index (Phi) is 1.46. The molecule has 1 nitrogen and oxygen atoms in total. The van der Waals surface area contributed by atoms with E-state index in [9.17, 15) is 0 Å². The smallest absolute Gasteiger partial charge is 0.0982 e. The molecule has 0 N–H and O–H groups in total. The first-order valence-corrected chi connectivity index (χ1v) is 5.30. The normalized spacial score (nSPS) is 39.5. The predicted octanol–water partition coefficient (Wildman–Crippen LogP) is 2.87. The number of allylic oxidation sites excluding steroid dienone is 2. The molecule has 66 valence electrons. The second-order valence-electron chi connectivity index (χ2n) is 4.51. The maximum atomic E-state index is 5.94. The van der Waals surface area contributed by atoms with E-state index in [1.807, 2.05) is 0 Å². The summed E-state index contributed by atoms with van der Waals surface area (Å²) in [4.78, 5) is 0. The van der Waals surface area contributed by atoms with Crippen LogP contribution in [0.25, 0.3) is 0 Å². The third kappa shape index (κ3) is 0.988. The Hall–Kier alpha value is -0.460. The van der Waals surface area contributed by atoms with Crippen molar-refractivity contribution in [3.05, 3.63) is 11.8 Å². The first-order valence-electron chi connectivity index (χ1n) is 5.30. The third-order valence-electron chi connectivity index (χ3n) is 3.63. The van der Waals surface area contributed by atoms with E-state index in [1.54, 1.807) is 0 Å². The molecule has 2 fully saturated rings. The van der Waals surface area contributed by atoms with Gasteiger partial charge in [0.15, 0.2) is 0 Å².